The molecule has 0 bridgehead atoms. The van der Waals surface area contributed by atoms with E-state index in [1.807, 2.05) is 0 Å². The Morgan fingerprint density at radius 2 is 2.05 bits per heavy atom. The number of hydrogen-bond donors (Lipinski definition) is 3. The van der Waals surface area contributed by atoms with Crippen LogP contribution in [0.25, 0.3) is 0 Å². The van der Waals surface area contributed by atoms with Crippen LogP contribution in [0.15, 0.2) is 23.4 Å². The lowest BCUT2D eigenvalue weighted by molar-refractivity contribution is 0.318. The number of nitrogens with zero attached hydrogens (tertiary/aromatic N) is 1. The molecule has 4 N–H and O–H groups in total. The second kappa shape index (κ2) is 6.40. The standard InChI is InChI=1S/C13H18FN3O3S/c14-11-6-9(5-10(7-11)13(15)17-18)8-16-12-1-3-21(19,20)4-2-12/h5-7,12,16,18H,1-4,8H2,(H2,15,17). The molecule has 2 rings (SSSR count). The molecule has 0 aromatic heterocycles. The van der Waals surface area contributed by atoms with Gasteiger partial charge >= 0.3 is 0 Å². The number of sulfone groups is 1. The summed E-state index contributed by atoms with van der Waals surface area (Å²) in [4.78, 5) is 0. The maximum Gasteiger partial charge on any atom is 0.170 e. The summed E-state index contributed by atoms with van der Waals surface area (Å²) in [5.74, 6) is -0.256. The van der Waals surface area contributed by atoms with Crippen LogP contribution in [0.1, 0.15) is 24.0 Å². The van der Waals surface area contributed by atoms with Crippen molar-refractivity contribution in [2.24, 2.45) is 10.9 Å². The highest BCUT2D eigenvalue weighted by Gasteiger charge is 2.23. The lowest BCUT2D eigenvalue weighted by Gasteiger charge is -2.23. The molecule has 1 fully saturated rings. The summed E-state index contributed by atoms with van der Waals surface area (Å²) in [6.45, 7) is 0.397. The van der Waals surface area contributed by atoms with Gasteiger partial charge in [0.05, 0.1) is 11.5 Å². The van der Waals surface area contributed by atoms with Crippen LogP contribution >= 0.6 is 0 Å². The van der Waals surface area contributed by atoms with E-state index in [1.165, 1.54) is 12.1 Å². The van der Waals surface area contributed by atoms with Crippen molar-refractivity contribution in [3.63, 3.8) is 0 Å². The second-order valence-electron chi connectivity index (χ2n) is 5.14. The molecule has 8 heteroatoms. The fraction of sp³-hybridized carbons (Fsp3) is 0.462. The van der Waals surface area contributed by atoms with E-state index in [9.17, 15) is 12.8 Å². The molecule has 1 heterocycles. The van der Waals surface area contributed by atoms with Gasteiger partial charge in [0.1, 0.15) is 15.7 Å². The van der Waals surface area contributed by atoms with Crippen molar-refractivity contribution in [3.8, 4) is 0 Å². The topological polar surface area (TPSA) is 105 Å². The number of hydrogen-bond acceptors (Lipinski definition) is 5. The van der Waals surface area contributed by atoms with Crippen LogP contribution in [0, 0.1) is 5.82 Å². The molecule has 1 aromatic rings. The Hall–Kier alpha value is -1.67. The first-order valence-electron chi connectivity index (χ1n) is 6.61. The number of nitrogens with one attached hydrogen (secondary N) is 1. The molecule has 0 unspecified atom stereocenters. The van der Waals surface area contributed by atoms with Crippen LogP contribution in [-0.4, -0.2) is 37.0 Å². The molecule has 1 aromatic carbocycles. The predicted molar refractivity (Wildman–Crippen MR) is 77.4 cm³/mol. The summed E-state index contributed by atoms with van der Waals surface area (Å²) < 4.78 is 36.2. The Morgan fingerprint density at radius 1 is 1.38 bits per heavy atom. The highest BCUT2D eigenvalue weighted by Crippen LogP contribution is 2.14. The monoisotopic (exact) mass is 315 g/mol. The van der Waals surface area contributed by atoms with E-state index in [0.29, 0.717) is 30.5 Å². The van der Waals surface area contributed by atoms with Gasteiger partial charge in [0.2, 0.25) is 0 Å². The lowest BCUT2D eigenvalue weighted by atomic mass is 10.1. The summed E-state index contributed by atoms with van der Waals surface area (Å²) in [7, 11) is -2.89. The minimum atomic E-state index is -2.89. The largest absolute Gasteiger partial charge is 0.409 e. The van der Waals surface area contributed by atoms with Gasteiger partial charge in [0, 0.05) is 18.2 Å². The van der Waals surface area contributed by atoms with Crippen molar-refractivity contribution < 1.29 is 18.0 Å². The molecule has 0 atom stereocenters. The Morgan fingerprint density at radius 3 is 2.67 bits per heavy atom. The molecule has 21 heavy (non-hydrogen) atoms. The third kappa shape index (κ3) is 4.40. The minimum Gasteiger partial charge on any atom is -0.409 e. The quantitative estimate of drug-likeness (QED) is 0.326. The number of oxime groups is 1. The van der Waals surface area contributed by atoms with Crippen molar-refractivity contribution in [2.75, 3.05) is 11.5 Å². The Kier molecular flexibility index (Phi) is 4.79. The van der Waals surface area contributed by atoms with E-state index < -0.39 is 15.7 Å². The molecule has 6 nitrogen and oxygen atoms in total. The zero-order chi connectivity index (χ0) is 15.5. The SMILES string of the molecule is N/C(=N/O)c1cc(F)cc(CNC2CCS(=O)(=O)CC2)c1. The van der Waals surface area contributed by atoms with E-state index in [-0.39, 0.29) is 23.4 Å². The number of nitrogens with two attached hydrogens (primary N) is 1. The van der Waals surface area contributed by atoms with Gasteiger partial charge in [-0.15, -0.1) is 0 Å². The maximum absolute atomic E-state index is 13.5. The molecule has 0 amide bonds. The van der Waals surface area contributed by atoms with E-state index in [2.05, 4.69) is 10.5 Å². The lowest BCUT2D eigenvalue weighted by Crippen LogP contribution is -2.37. The molecule has 1 aliphatic rings. The molecule has 0 radical (unpaired) electrons. The fourth-order valence-electron chi connectivity index (χ4n) is 2.31. The second-order valence-corrected chi connectivity index (χ2v) is 7.44. The molecule has 116 valence electrons. The van der Waals surface area contributed by atoms with Gasteiger partial charge in [-0.2, -0.15) is 0 Å². The van der Waals surface area contributed by atoms with Gasteiger partial charge in [0.15, 0.2) is 5.84 Å². The highest BCUT2D eigenvalue weighted by molar-refractivity contribution is 7.91. The van der Waals surface area contributed by atoms with Crippen LogP contribution in [-0.2, 0) is 16.4 Å². The summed E-state index contributed by atoms with van der Waals surface area (Å²) in [5.41, 5.74) is 6.41. The van der Waals surface area contributed by atoms with E-state index >= 15 is 0 Å². The maximum atomic E-state index is 13.5. The van der Waals surface area contributed by atoms with E-state index in [4.69, 9.17) is 10.9 Å². The minimum absolute atomic E-state index is 0.101. The molecule has 0 aliphatic carbocycles. The fourth-order valence-corrected chi connectivity index (χ4v) is 3.81. The number of benzene rings is 1. The van der Waals surface area contributed by atoms with Gasteiger partial charge in [-0.1, -0.05) is 5.16 Å². The molecule has 0 saturated carbocycles. The van der Waals surface area contributed by atoms with E-state index in [0.717, 1.165) is 0 Å². The van der Waals surface area contributed by atoms with Crippen LogP contribution in [0.2, 0.25) is 0 Å². The normalized spacial score (nSPS) is 19.6. The van der Waals surface area contributed by atoms with Gasteiger partial charge in [-0.3, -0.25) is 0 Å². The average molecular weight is 315 g/mol. The number of amidine groups is 1. The summed E-state index contributed by atoms with van der Waals surface area (Å²) in [6.07, 6.45) is 1.12. The van der Waals surface area contributed by atoms with Crippen LogP contribution < -0.4 is 11.1 Å². The van der Waals surface area contributed by atoms with E-state index in [1.54, 1.807) is 6.07 Å². The van der Waals surface area contributed by atoms with Crippen LogP contribution in [0.3, 0.4) is 0 Å². The first kappa shape index (κ1) is 15.7. The molecular formula is C13H18FN3O3S. The molecule has 1 aliphatic heterocycles. The molecule has 1 saturated heterocycles. The Balaban J connectivity index is 1.99. The average Bonchev–Trinajstić information content (AvgIpc) is 2.44. The number of halogens is 1. The zero-order valence-corrected chi connectivity index (χ0v) is 12.2. The van der Waals surface area contributed by atoms with Gasteiger partial charge in [0.25, 0.3) is 0 Å². The van der Waals surface area contributed by atoms with Gasteiger partial charge in [-0.05, 0) is 36.6 Å². The zero-order valence-electron chi connectivity index (χ0n) is 11.4. The first-order valence-corrected chi connectivity index (χ1v) is 8.43. The Labute approximate surface area is 122 Å². The first-order chi connectivity index (χ1) is 9.89. The molecule has 0 spiro atoms. The van der Waals surface area contributed by atoms with Crippen LogP contribution in [0.4, 0.5) is 4.39 Å². The third-order valence-electron chi connectivity index (χ3n) is 3.51. The van der Waals surface area contributed by atoms with Gasteiger partial charge in [-0.25, -0.2) is 12.8 Å². The summed E-state index contributed by atoms with van der Waals surface area (Å²) in [6, 6.07) is 4.28. The van der Waals surface area contributed by atoms with Crippen molar-refractivity contribution in [2.45, 2.75) is 25.4 Å². The third-order valence-corrected chi connectivity index (χ3v) is 5.23. The van der Waals surface area contributed by atoms with Crippen molar-refractivity contribution in [1.82, 2.24) is 5.32 Å². The van der Waals surface area contributed by atoms with Crippen LogP contribution in [0.5, 0.6) is 0 Å². The smallest absolute Gasteiger partial charge is 0.170 e. The Bertz CT molecular complexity index is 632. The summed E-state index contributed by atoms with van der Waals surface area (Å²) >= 11 is 0. The summed E-state index contributed by atoms with van der Waals surface area (Å²) in [5, 5.41) is 14.7. The predicted octanol–water partition coefficient (Wildman–Crippen LogP) is 0.587. The van der Waals surface area contributed by atoms with Crippen molar-refractivity contribution in [1.29, 1.82) is 0 Å². The highest BCUT2D eigenvalue weighted by atomic mass is 32.2. The van der Waals surface area contributed by atoms with Crippen molar-refractivity contribution >= 4 is 15.7 Å². The van der Waals surface area contributed by atoms with Gasteiger partial charge < -0.3 is 16.3 Å². The van der Waals surface area contributed by atoms with Crippen molar-refractivity contribution in [3.05, 3.63) is 35.1 Å². The molecular weight excluding hydrogens is 297 g/mol. The number of rotatable bonds is 4.